The normalized spacial score (nSPS) is 19.2. The molecule has 0 saturated carbocycles. The topological polar surface area (TPSA) is 64.7 Å². The highest BCUT2D eigenvalue weighted by Gasteiger charge is 2.25. The van der Waals surface area contributed by atoms with Gasteiger partial charge in [0.1, 0.15) is 11.4 Å². The predicted octanol–water partition coefficient (Wildman–Crippen LogP) is 0.542. The molecule has 2 N–H and O–H groups in total. The van der Waals surface area contributed by atoms with Crippen molar-refractivity contribution < 1.29 is 0 Å². The summed E-state index contributed by atoms with van der Waals surface area (Å²) in [7, 11) is 4.04. The minimum Gasteiger partial charge on any atom is -0.380 e. The van der Waals surface area contributed by atoms with Gasteiger partial charge in [-0.1, -0.05) is 6.92 Å². The van der Waals surface area contributed by atoms with Gasteiger partial charge in [0, 0.05) is 19.1 Å². The van der Waals surface area contributed by atoms with Crippen molar-refractivity contribution in [2.45, 2.75) is 32.2 Å². The van der Waals surface area contributed by atoms with Gasteiger partial charge in [-0.25, -0.2) is 0 Å². The van der Waals surface area contributed by atoms with Crippen LogP contribution in [0.4, 0.5) is 11.4 Å². The zero-order valence-corrected chi connectivity index (χ0v) is 13.9. The van der Waals surface area contributed by atoms with Gasteiger partial charge >= 0.3 is 0 Å². The number of nitrogens with one attached hydrogen (secondary N) is 2. The molecule has 1 aliphatic heterocycles. The molecule has 124 valence electrons. The minimum atomic E-state index is -0.383. The Morgan fingerprint density at radius 1 is 1.18 bits per heavy atom. The monoisotopic (exact) mass is 308 g/mol. The Kier molecular flexibility index (Phi) is 5.97. The van der Waals surface area contributed by atoms with Crippen LogP contribution in [0.5, 0.6) is 0 Å². The fraction of sp³-hybridized carbons (Fsp3) is 0.750. The van der Waals surface area contributed by atoms with Crippen LogP contribution in [-0.2, 0) is 0 Å². The molecule has 1 unspecified atom stereocenters. The Morgan fingerprint density at radius 3 is 2.50 bits per heavy atom. The lowest BCUT2D eigenvalue weighted by Crippen LogP contribution is -2.41. The Morgan fingerprint density at radius 2 is 1.86 bits per heavy atom. The zero-order valence-electron chi connectivity index (χ0n) is 13.9. The zero-order chi connectivity index (χ0) is 16.1. The van der Waals surface area contributed by atoms with Crippen LogP contribution in [0.1, 0.15) is 26.2 Å². The van der Waals surface area contributed by atoms with E-state index in [1.807, 2.05) is 14.1 Å². The fourth-order valence-electron chi connectivity index (χ4n) is 3.10. The van der Waals surface area contributed by atoms with Gasteiger partial charge in [0.25, 0.3) is 10.9 Å². The van der Waals surface area contributed by atoms with E-state index in [0.717, 1.165) is 39.0 Å². The Bertz CT molecular complexity index is 548. The first-order valence-electron chi connectivity index (χ1n) is 8.24. The first-order chi connectivity index (χ1) is 10.5. The maximum Gasteiger partial charge on any atom is 0.253 e. The number of likely N-dealkylation sites (N-methyl/N-ethyl adjacent to an activating group) is 1. The number of nitrogens with zero attached hydrogens (tertiary/aromatic N) is 2. The summed E-state index contributed by atoms with van der Waals surface area (Å²) in [5.74, 6) is 0. The summed E-state index contributed by atoms with van der Waals surface area (Å²) in [6.07, 6.45) is 3.31. The van der Waals surface area contributed by atoms with Crippen molar-refractivity contribution in [1.82, 2.24) is 9.80 Å². The SMILES string of the molecule is CCN1CCCC1CNc1c(NCCCN(C)C)c(=O)c1=O. The molecule has 6 heteroatoms. The largest absolute Gasteiger partial charge is 0.380 e. The average molecular weight is 308 g/mol. The van der Waals surface area contributed by atoms with Crippen LogP contribution in [0.25, 0.3) is 0 Å². The Balaban J connectivity index is 1.85. The van der Waals surface area contributed by atoms with Crippen molar-refractivity contribution in [3.63, 3.8) is 0 Å². The minimum absolute atomic E-state index is 0.379. The average Bonchev–Trinajstić information content (AvgIpc) is 2.95. The number of hydrogen-bond donors (Lipinski definition) is 2. The van der Waals surface area contributed by atoms with Crippen molar-refractivity contribution >= 4 is 11.4 Å². The molecule has 0 radical (unpaired) electrons. The fourth-order valence-corrected chi connectivity index (χ4v) is 3.10. The highest BCUT2D eigenvalue weighted by atomic mass is 16.2. The highest BCUT2D eigenvalue weighted by Crippen LogP contribution is 2.19. The van der Waals surface area contributed by atoms with Crippen LogP contribution < -0.4 is 21.5 Å². The van der Waals surface area contributed by atoms with Crippen LogP contribution in [0, 0.1) is 0 Å². The maximum atomic E-state index is 11.7. The summed E-state index contributed by atoms with van der Waals surface area (Å²) in [6, 6.07) is 0.469. The molecule has 2 rings (SSSR count). The lowest BCUT2D eigenvalue weighted by atomic mass is 10.1. The molecule has 0 amide bonds. The molecule has 1 aromatic rings. The summed E-state index contributed by atoms with van der Waals surface area (Å²) < 4.78 is 0. The van der Waals surface area contributed by atoms with E-state index in [0.29, 0.717) is 24.0 Å². The highest BCUT2D eigenvalue weighted by molar-refractivity contribution is 5.73. The summed E-state index contributed by atoms with van der Waals surface area (Å²) >= 11 is 0. The Hall–Kier alpha value is -1.40. The summed E-state index contributed by atoms with van der Waals surface area (Å²) in [5.41, 5.74) is 0.199. The van der Waals surface area contributed by atoms with E-state index < -0.39 is 0 Å². The second-order valence-corrected chi connectivity index (χ2v) is 6.30. The number of hydrogen-bond acceptors (Lipinski definition) is 6. The molecule has 1 heterocycles. The second-order valence-electron chi connectivity index (χ2n) is 6.30. The molecule has 1 saturated heterocycles. The van der Waals surface area contributed by atoms with Gasteiger partial charge in [0.05, 0.1) is 0 Å². The third-order valence-electron chi connectivity index (χ3n) is 4.41. The van der Waals surface area contributed by atoms with Crippen LogP contribution in [0.15, 0.2) is 9.59 Å². The summed E-state index contributed by atoms with van der Waals surface area (Å²) in [5, 5.41) is 6.31. The van der Waals surface area contributed by atoms with Gasteiger partial charge in [0.2, 0.25) is 0 Å². The van der Waals surface area contributed by atoms with Gasteiger partial charge in [0.15, 0.2) is 0 Å². The predicted molar refractivity (Wildman–Crippen MR) is 91.8 cm³/mol. The first-order valence-corrected chi connectivity index (χ1v) is 8.24. The van der Waals surface area contributed by atoms with Gasteiger partial charge in [-0.15, -0.1) is 0 Å². The molecule has 1 fully saturated rings. The molecule has 0 bridgehead atoms. The van der Waals surface area contributed by atoms with E-state index in [9.17, 15) is 9.59 Å². The summed E-state index contributed by atoms with van der Waals surface area (Å²) in [4.78, 5) is 27.9. The molecule has 22 heavy (non-hydrogen) atoms. The van der Waals surface area contributed by atoms with Crippen molar-refractivity contribution in [1.29, 1.82) is 0 Å². The number of anilines is 2. The molecule has 1 atom stereocenters. The summed E-state index contributed by atoms with van der Waals surface area (Å²) in [6.45, 7) is 6.73. The molecule has 0 spiro atoms. The van der Waals surface area contributed by atoms with E-state index in [-0.39, 0.29) is 10.9 Å². The van der Waals surface area contributed by atoms with Crippen molar-refractivity contribution in [2.24, 2.45) is 0 Å². The van der Waals surface area contributed by atoms with E-state index in [2.05, 4.69) is 27.4 Å². The van der Waals surface area contributed by atoms with Crippen LogP contribution >= 0.6 is 0 Å². The molecule has 6 nitrogen and oxygen atoms in total. The third-order valence-corrected chi connectivity index (χ3v) is 4.41. The van der Waals surface area contributed by atoms with Crippen LogP contribution in [0.2, 0.25) is 0 Å². The molecule has 1 aliphatic rings. The van der Waals surface area contributed by atoms with E-state index in [1.54, 1.807) is 0 Å². The molecule has 0 aromatic heterocycles. The van der Waals surface area contributed by atoms with Crippen molar-refractivity contribution in [3.05, 3.63) is 20.4 Å². The number of likely N-dealkylation sites (tertiary alicyclic amines) is 1. The standard InChI is InChI=1S/C16H28N4O2/c1-4-20-10-5-7-12(20)11-18-14-13(15(21)16(14)22)17-8-6-9-19(2)3/h12,17-18H,4-11H2,1-3H3. The third kappa shape index (κ3) is 3.87. The maximum absolute atomic E-state index is 11.7. The van der Waals surface area contributed by atoms with Crippen LogP contribution in [-0.4, -0.2) is 62.7 Å². The molecule has 0 aliphatic carbocycles. The van der Waals surface area contributed by atoms with Gasteiger partial charge in [-0.05, 0) is 53.0 Å². The first kappa shape index (κ1) is 17.0. The van der Waals surface area contributed by atoms with Gasteiger partial charge in [-0.2, -0.15) is 0 Å². The van der Waals surface area contributed by atoms with E-state index in [4.69, 9.17) is 0 Å². The van der Waals surface area contributed by atoms with Crippen LogP contribution in [0.3, 0.4) is 0 Å². The van der Waals surface area contributed by atoms with Gasteiger partial charge in [-0.3, -0.25) is 14.5 Å². The van der Waals surface area contributed by atoms with Crippen molar-refractivity contribution in [2.75, 3.05) is 57.5 Å². The molecule has 1 aromatic carbocycles. The molecular formula is C16H28N4O2. The Labute approximate surface area is 132 Å². The smallest absolute Gasteiger partial charge is 0.253 e. The lowest BCUT2D eigenvalue weighted by Gasteiger charge is -2.24. The number of rotatable bonds is 9. The second kappa shape index (κ2) is 7.74. The quantitative estimate of drug-likeness (QED) is 0.513. The van der Waals surface area contributed by atoms with Gasteiger partial charge < -0.3 is 15.5 Å². The van der Waals surface area contributed by atoms with E-state index in [1.165, 1.54) is 6.42 Å². The van der Waals surface area contributed by atoms with E-state index >= 15 is 0 Å². The lowest BCUT2D eigenvalue weighted by molar-refractivity contribution is 0.277. The molecular weight excluding hydrogens is 280 g/mol. The van der Waals surface area contributed by atoms with Crippen molar-refractivity contribution in [3.8, 4) is 0 Å².